The number of hydrogen-bond acceptors (Lipinski definition) is 5. The number of hydrogen-bond donors (Lipinski definition) is 1. The molecule has 0 radical (unpaired) electrons. The third-order valence-electron chi connectivity index (χ3n) is 5.25. The Morgan fingerprint density at radius 3 is 2.85 bits per heavy atom. The largest absolute Gasteiger partial charge is 0.494 e. The molecule has 4 rings (SSSR count). The SMILES string of the molecule is COc1ccc(C2Cc3ccc(N4CCN[C@@H](C)C4)cc3C(=O)O2)cc1F. The van der Waals surface area contributed by atoms with Gasteiger partial charge in [0.2, 0.25) is 0 Å². The van der Waals surface area contributed by atoms with E-state index in [4.69, 9.17) is 9.47 Å². The summed E-state index contributed by atoms with van der Waals surface area (Å²) in [6, 6.07) is 11.0. The molecule has 6 heteroatoms. The van der Waals surface area contributed by atoms with Crippen molar-refractivity contribution in [3.63, 3.8) is 0 Å². The van der Waals surface area contributed by atoms with Crippen LogP contribution in [-0.4, -0.2) is 38.8 Å². The maximum atomic E-state index is 14.0. The van der Waals surface area contributed by atoms with Crippen LogP contribution in [0, 0.1) is 5.82 Å². The number of benzene rings is 2. The Kier molecular flexibility index (Phi) is 4.74. The first-order valence-corrected chi connectivity index (χ1v) is 9.21. The number of carbonyl (C=O) groups is 1. The fourth-order valence-corrected chi connectivity index (χ4v) is 3.80. The van der Waals surface area contributed by atoms with E-state index in [1.165, 1.54) is 13.2 Å². The van der Waals surface area contributed by atoms with Crippen LogP contribution in [0.1, 0.15) is 34.5 Å². The van der Waals surface area contributed by atoms with Crippen LogP contribution in [0.5, 0.6) is 5.75 Å². The number of piperazine rings is 1. The van der Waals surface area contributed by atoms with Crippen molar-refractivity contribution >= 4 is 11.7 Å². The van der Waals surface area contributed by atoms with Gasteiger partial charge in [0.1, 0.15) is 6.10 Å². The lowest BCUT2D eigenvalue weighted by Crippen LogP contribution is -2.49. The van der Waals surface area contributed by atoms with Gasteiger partial charge in [-0.2, -0.15) is 0 Å². The molecule has 5 nitrogen and oxygen atoms in total. The predicted molar refractivity (Wildman–Crippen MR) is 101 cm³/mol. The van der Waals surface area contributed by atoms with E-state index in [1.807, 2.05) is 12.1 Å². The fraction of sp³-hybridized carbons (Fsp3) is 0.381. The Bertz CT molecular complexity index is 871. The van der Waals surface area contributed by atoms with Crippen LogP contribution in [0.15, 0.2) is 36.4 Å². The Labute approximate surface area is 158 Å². The number of ether oxygens (including phenoxy) is 2. The molecule has 2 heterocycles. The van der Waals surface area contributed by atoms with Gasteiger partial charge in [-0.05, 0) is 42.3 Å². The van der Waals surface area contributed by atoms with Crippen molar-refractivity contribution in [1.29, 1.82) is 0 Å². The van der Waals surface area contributed by atoms with Gasteiger partial charge < -0.3 is 19.7 Å². The third-order valence-corrected chi connectivity index (χ3v) is 5.25. The number of methoxy groups -OCH3 is 1. The van der Waals surface area contributed by atoms with Crippen molar-refractivity contribution in [2.24, 2.45) is 0 Å². The highest BCUT2D eigenvalue weighted by Gasteiger charge is 2.29. The number of halogens is 1. The minimum atomic E-state index is -0.490. The first-order chi connectivity index (χ1) is 13.0. The first kappa shape index (κ1) is 17.8. The second-order valence-corrected chi connectivity index (χ2v) is 7.13. The molecule has 2 aromatic rings. The summed E-state index contributed by atoms with van der Waals surface area (Å²) in [7, 11) is 1.42. The highest BCUT2D eigenvalue weighted by atomic mass is 19.1. The van der Waals surface area contributed by atoms with E-state index in [2.05, 4.69) is 23.2 Å². The number of nitrogens with zero attached hydrogens (tertiary/aromatic N) is 1. The first-order valence-electron chi connectivity index (χ1n) is 9.21. The summed E-state index contributed by atoms with van der Waals surface area (Å²) in [4.78, 5) is 14.9. The van der Waals surface area contributed by atoms with Gasteiger partial charge in [0.05, 0.1) is 12.7 Å². The van der Waals surface area contributed by atoms with Crippen molar-refractivity contribution in [1.82, 2.24) is 5.32 Å². The molecular formula is C21H23FN2O3. The van der Waals surface area contributed by atoms with Gasteiger partial charge >= 0.3 is 5.97 Å². The van der Waals surface area contributed by atoms with E-state index in [-0.39, 0.29) is 11.7 Å². The lowest BCUT2D eigenvalue weighted by Gasteiger charge is -2.34. The van der Waals surface area contributed by atoms with E-state index >= 15 is 0 Å². The number of carbonyl (C=O) groups excluding carboxylic acids is 1. The second-order valence-electron chi connectivity index (χ2n) is 7.13. The normalized spacial score (nSPS) is 22.2. The highest BCUT2D eigenvalue weighted by molar-refractivity contribution is 5.93. The van der Waals surface area contributed by atoms with Crippen LogP contribution in [0.3, 0.4) is 0 Å². The molecule has 1 N–H and O–H groups in total. The van der Waals surface area contributed by atoms with Gasteiger partial charge in [0.15, 0.2) is 11.6 Å². The summed E-state index contributed by atoms with van der Waals surface area (Å²) in [6.45, 7) is 4.89. The van der Waals surface area contributed by atoms with E-state index in [1.54, 1.807) is 12.1 Å². The summed E-state index contributed by atoms with van der Waals surface area (Å²) in [5.74, 6) is -0.640. The molecule has 2 aliphatic rings. The molecule has 1 unspecified atom stereocenters. The lowest BCUT2D eigenvalue weighted by molar-refractivity contribution is 0.0252. The quantitative estimate of drug-likeness (QED) is 0.842. The summed E-state index contributed by atoms with van der Waals surface area (Å²) in [5.41, 5.74) is 3.20. The van der Waals surface area contributed by atoms with E-state index in [0.29, 0.717) is 23.6 Å². The Morgan fingerprint density at radius 1 is 1.26 bits per heavy atom. The Balaban J connectivity index is 1.58. The molecule has 2 aliphatic heterocycles. The minimum absolute atomic E-state index is 0.177. The van der Waals surface area contributed by atoms with Crippen molar-refractivity contribution in [3.8, 4) is 5.75 Å². The van der Waals surface area contributed by atoms with Crippen LogP contribution < -0.4 is 15.0 Å². The molecule has 0 bridgehead atoms. The van der Waals surface area contributed by atoms with Crippen molar-refractivity contribution in [2.75, 3.05) is 31.6 Å². The van der Waals surface area contributed by atoms with Crippen molar-refractivity contribution in [3.05, 3.63) is 58.9 Å². The van der Waals surface area contributed by atoms with E-state index < -0.39 is 11.9 Å². The smallest absolute Gasteiger partial charge is 0.339 e. The van der Waals surface area contributed by atoms with Gasteiger partial charge in [-0.1, -0.05) is 12.1 Å². The van der Waals surface area contributed by atoms with E-state index in [0.717, 1.165) is 30.9 Å². The lowest BCUT2D eigenvalue weighted by atomic mass is 9.94. The van der Waals surface area contributed by atoms with Crippen molar-refractivity contribution < 1.29 is 18.7 Å². The van der Waals surface area contributed by atoms with Gasteiger partial charge in [-0.15, -0.1) is 0 Å². The van der Waals surface area contributed by atoms with Gasteiger partial charge in [0.25, 0.3) is 0 Å². The molecule has 142 valence electrons. The molecule has 0 spiro atoms. The third kappa shape index (κ3) is 3.49. The fourth-order valence-electron chi connectivity index (χ4n) is 3.80. The number of esters is 1. The standard InChI is InChI=1S/C21H23FN2O3/c1-13-12-24(8-7-23-13)16-5-3-14-10-20(27-21(25)17(14)11-16)15-4-6-19(26-2)18(22)9-15/h3-6,9,11,13,20,23H,7-8,10,12H2,1-2H3/t13-,20?/m0/s1. The van der Waals surface area contributed by atoms with Crippen LogP contribution >= 0.6 is 0 Å². The molecule has 2 atom stereocenters. The van der Waals surface area contributed by atoms with Gasteiger partial charge in [-0.25, -0.2) is 9.18 Å². The number of nitrogens with one attached hydrogen (secondary N) is 1. The van der Waals surface area contributed by atoms with Crippen LogP contribution in [0.2, 0.25) is 0 Å². The van der Waals surface area contributed by atoms with E-state index in [9.17, 15) is 9.18 Å². The molecule has 0 saturated carbocycles. The average Bonchev–Trinajstić information content (AvgIpc) is 2.67. The molecule has 2 aromatic carbocycles. The molecular weight excluding hydrogens is 347 g/mol. The maximum Gasteiger partial charge on any atom is 0.339 e. The molecule has 1 saturated heterocycles. The predicted octanol–water partition coefficient (Wildman–Crippen LogP) is 3.09. The molecule has 0 aliphatic carbocycles. The Morgan fingerprint density at radius 2 is 2.11 bits per heavy atom. The molecule has 0 aromatic heterocycles. The molecule has 0 amide bonds. The number of anilines is 1. The summed E-state index contributed by atoms with van der Waals surface area (Å²) in [5, 5.41) is 3.42. The zero-order chi connectivity index (χ0) is 19.0. The van der Waals surface area contributed by atoms with Crippen LogP contribution in [-0.2, 0) is 11.2 Å². The summed E-state index contributed by atoms with van der Waals surface area (Å²) < 4.78 is 24.6. The molecule has 1 fully saturated rings. The second kappa shape index (κ2) is 7.19. The monoisotopic (exact) mass is 370 g/mol. The Hall–Kier alpha value is -2.60. The number of cyclic esters (lactones) is 1. The summed E-state index contributed by atoms with van der Waals surface area (Å²) >= 11 is 0. The number of fused-ring (bicyclic) bond motifs is 1. The number of rotatable bonds is 3. The topological polar surface area (TPSA) is 50.8 Å². The molecule has 27 heavy (non-hydrogen) atoms. The highest BCUT2D eigenvalue weighted by Crippen LogP contribution is 2.34. The van der Waals surface area contributed by atoms with Crippen LogP contribution in [0.4, 0.5) is 10.1 Å². The average molecular weight is 370 g/mol. The maximum absolute atomic E-state index is 14.0. The van der Waals surface area contributed by atoms with Gasteiger partial charge in [0, 0.05) is 37.8 Å². The van der Waals surface area contributed by atoms with Crippen LogP contribution in [0.25, 0.3) is 0 Å². The zero-order valence-corrected chi connectivity index (χ0v) is 15.5. The van der Waals surface area contributed by atoms with Gasteiger partial charge in [-0.3, -0.25) is 0 Å². The zero-order valence-electron chi connectivity index (χ0n) is 15.5. The minimum Gasteiger partial charge on any atom is -0.494 e. The summed E-state index contributed by atoms with van der Waals surface area (Å²) in [6.07, 6.45) is 0.0425. The van der Waals surface area contributed by atoms with Crippen molar-refractivity contribution in [2.45, 2.75) is 25.5 Å².